The number of pyridine rings is 1. The normalized spacial score (nSPS) is 12.5. The molecule has 1 rings (SSSR count). The van der Waals surface area contributed by atoms with E-state index in [1.54, 1.807) is 13.2 Å². The topological polar surface area (TPSA) is 68.1 Å². The molecule has 14 heavy (non-hydrogen) atoms. The third kappa shape index (κ3) is 2.60. The second-order valence-electron chi connectivity index (χ2n) is 3.24. The van der Waals surface area contributed by atoms with Crippen molar-refractivity contribution in [3.05, 3.63) is 28.2 Å². The fraction of sp³-hybridized carbons (Fsp3) is 0.500. The second kappa shape index (κ2) is 4.81. The molecular weight excluding hydrogens is 180 g/mol. The van der Waals surface area contributed by atoms with E-state index in [1.165, 1.54) is 6.07 Å². The molecule has 1 atom stereocenters. The minimum atomic E-state index is -0.121. The van der Waals surface area contributed by atoms with Crippen LogP contribution in [0.4, 0.5) is 0 Å². The molecule has 4 heteroatoms. The first kappa shape index (κ1) is 10.8. The predicted molar refractivity (Wildman–Crippen MR) is 55.6 cm³/mol. The first-order valence-electron chi connectivity index (χ1n) is 4.69. The predicted octanol–water partition coefficient (Wildman–Crippen LogP) is 0.663. The molecule has 0 aliphatic heterocycles. The summed E-state index contributed by atoms with van der Waals surface area (Å²) in [6, 6.07) is 3.16. The maximum atomic E-state index is 11.1. The van der Waals surface area contributed by atoms with E-state index >= 15 is 0 Å². The van der Waals surface area contributed by atoms with Gasteiger partial charge < -0.3 is 15.5 Å². The van der Waals surface area contributed by atoms with Crippen LogP contribution in [0.5, 0.6) is 5.75 Å². The van der Waals surface area contributed by atoms with Crippen LogP contribution >= 0.6 is 0 Å². The maximum Gasteiger partial charge on any atom is 0.248 e. The van der Waals surface area contributed by atoms with Gasteiger partial charge in [-0.05, 0) is 12.5 Å². The molecule has 4 nitrogen and oxygen atoms in total. The summed E-state index contributed by atoms with van der Waals surface area (Å²) in [4.78, 5) is 13.8. The monoisotopic (exact) mass is 196 g/mol. The van der Waals surface area contributed by atoms with Crippen LogP contribution in [0.2, 0.25) is 0 Å². The van der Waals surface area contributed by atoms with Crippen LogP contribution in [0.3, 0.4) is 0 Å². The van der Waals surface area contributed by atoms with Crippen LogP contribution in [0.1, 0.15) is 19.0 Å². The van der Waals surface area contributed by atoms with E-state index in [1.807, 2.05) is 6.92 Å². The molecule has 1 unspecified atom stereocenters. The van der Waals surface area contributed by atoms with Crippen molar-refractivity contribution < 1.29 is 4.74 Å². The molecule has 0 spiro atoms. The summed E-state index contributed by atoms with van der Waals surface area (Å²) in [5.74, 6) is 0.688. The van der Waals surface area contributed by atoms with Gasteiger partial charge in [-0.25, -0.2) is 0 Å². The second-order valence-corrected chi connectivity index (χ2v) is 3.24. The molecule has 0 saturated carbocycles. The highest BCUT2D eigenvalue weighted by Gasteiger charge is 2.07. The van der Waals surface area contributed by atoms with Crippen LogP contribution in [-0.2, 0) is 6.42 Å². The van der Waals surface area contributed by atoms with Gasteiger partial charge in [0.2, 0.25) is 5.56 Å². The van der Waals surface area contributed by atoms with Crippen molar-refractivity contribution >= 4 is 0 Å². The highest BCUT2D eigenvalue weighted by atomic mass is 16.5. The molecule has 78 valence electrons. The molecule has 0 aromatic carbocycles. The Morgan fingerprint density at radius 1 is 1.57 bits per heavy atom. The number of hydrogen-bond donors (Lipinski definition) is 2. The average molecular weight is 196 g/mol. The minimum absolute atomic E-state index is 0.0574. The maximum absolute atomic E-state index is 11.1. The van der Waals surface area contributed by atoms with Crippen molar-refractivity contribution in [2.75, 3.05) is 7.11 Å². The Hall–Kier alpha value is -1.29. The van der Waals surface area contributed by atoms with Crippen molar-refractivity contribution in [3.8, 4) is 5.75 Å². The molecule has 1 aromatic rings. The third-order valence-corrected chi connectivity index (χ3v) is 2.17. The van der Waals surface area contributed by atoms with Crippen LogP contribution in [-0.4, -0.2) is 18.1 Å². The Kier molecular flexibility index (Phi) is 3.71. The van der Waals surface area contributed by atoms with E-state index in [0.717, 1.165) is 12.1 Å². The lowest BCUT2D eigenvalue weighted by Gasteiger charge is -2.11. The number of rotatable bonds is 4. The van der Waals surface area contributed by atoms with Gasteiger partial charge in [-0.2, -0.15) is 0 Å². The molecule has 1 aromatic heterocycles. The molecule has 0 aliphatic rings. The summed E-state index contributed by atoms with van der Waals surface area (Å²) in [5.41, 5.74) is 6.45. The van der Waals surface area contributed by atoms with Gasteiger partial charge in [0.05, 0.1) is 12.8 Å². The van der Waals surface area contributed by atoms with Crippen molar-refractivity contribution in [3.63, 3.8) is 0 Å². The zero-order valence-corrected chi connectivity index (χ0v) is 8.54. The molecule has 0 bridgehead atoms. The van der Waals surface area contributed by atoms with Crippen molar-refractivity contribution in [2.45, 2.75) is 25.8 Å². The molecule has 0 saturated heterocycles. The van der Waals surface area contributed by atoms with Crippen molar-refractivity contribution in [2.24, 2.45) is 5.73 Å². The highest BCUT2D eigenvalue weighted by molar-refractivity contribution is 5.27. The van der Waals surface area contributed by atoms with Gasteiger partial charge in [0.15, 0.2) is 0 Å². The fourth-order valence-corrected chi connectivity index (χ4v) is 1.25. The van der Waals surface area contributed by atoms with Crippen LogP contribution in [0.15, 0.2) is 16.9 Å². The van der Waals surface area contributed by atoms with Gasteiger partial charge in [0.25, 0.3) is 0 Å². The molecular formula is C10H16N2O2. The number of methoxy groups -OCH3 is 1. The summed E-state index contributed by atoms with van der Waals surface area (Å²) >= 11 is 0. The third-order valence-electron chi connectivity index (χ3n) is 2.17. The lowest BCUT2D eigenvalue weighted by Crippen LogP contribution is -2.23. The molecule has 3 N–H and O–H groups in total. The van der Waals surface area contributed by atoms with E-state index in [9.17, 15) is 4.79 Å². The molecule has 1 heterocycles. The number of aromatic nitrogens is 1. The number of ether oxygens (including phenoxy) is 1. The Bertz CT molecular complexity index is 346. The Balaban J connectivity index is 2.93. The minimum Gasteiger partial charge on any atom is -0.495 e. The summed E-state index contributed by atoms with van der Waals surface area (Å²) in [6.07, 6.45) is 1.51. The van der Waals surface area contributed by atoms with E-state index in [4.69, 9.17) is 10.5 Å². The number of hydrogen-bond acceptors (Lipinski definition) is 3. The lowest BCUT2D eigenvalue weighted by molar-refractivity contribution is 0.404. The van der Waals surface area contributed by atoms with E-state index in [-0.39, 0.29) is 11.6 Å². The quantitative estimate of drug-likeness (QED) is 0.743. The number of nitrogens with one attached hydrogen (secondary N) is 1. The van der Waals surface area contributed by atoms with E-state index in [2.05, 4.69) is 4.98 Å². The van der Waals surface area contributed by atoms with Gasteiger partial charge in [-0.3, -0.25) is 4.79 Å². The van der Waals surface area contributed by atoms with Gasteiger partial charge >= 0.3 is 0 Å². The van der Waals surface area contributed by atoms with E-state index < -0.39 is 0 Å². The highest BCUT2D eigenvalue weighted by Crippen LogP contribution is 2.14. The zero-order valence-electron chi connectivity index (χ0n) is 8.54. The molecule has 0 amide bonds. The van der Waals surface area contributed by atoms with Crippen LogP contribution in [0, 0.1) is 0 Å². The SMILES string of the molecule is CCC(N)Cc1[nH]c(=O)ccc1OC. The first-order chi connectivity index (χ1) is 6.67. The number of aromatic amines is 1. The summed E-state index contributed by atoms with van der Waals surface area (Å²) in [6.45, 7) is 2.01. The summed E-state index contributed by atoms with van der Waals surface area (Å²) in [7, 11) is 1.58. The van der Waals surface area contributed by atoms with Gasteiger partial charge in [-0.15, -0.1) is 0 Å². The van der Waals surface area contributed by atoms with Crippen molar-refractivity contribution in [1.29, 1.82) is 0 Å². The summed E-state index contributed by atoms with van der Waals surface area (Å²) < 4.78 is 5.12. The Morgan fingerprint density at radius 2 is 2.29 bits per heavy atom. The van der Waals surface area contributed by atoms with Crippen molar-refractivity contribution in [1.82, 2.24) is 4.98 Å². The smallest absolute Gasteiger partial charge is 0.248 e. The Labute approximate surface area is 83.1 Å². The van der Waals surface area contributed by atoms with Crippen LogP contribution < -0.4 is 16.0 Å². The van der Waals surface area contributed by atoms with Crippen LogP contribution in [0.25, 0.3) is 0 Å². The largest absolute Gasteiger partial charge is 0.495 e. The lowest BCUT2D eigenvalue weighted by atomic mass is 10.1. The molecule has 0 fully saturated rings. The van der Waals surface area contributed by atoms with Gasteiger partial charge in [0.1, 0.15) is 5.75 Å². The average Bonchev–Trinajstić information content (AvgIpc) is 2.18. The molecule has 0 aliphatic carbocycles. The summed E-state index contributed by atoms with van der Waals surface area (Å²) in [5, 5.41) is 0. The zero-order chi connectivity index (χ0) is 10.6. The Morgan fingerprint density at radius 3 is 2.86 bits per heavy atom. The van der Waals surface area contributed by atoms with Gasteiger partial charge in [0, 0.05) is 18.5 Å². The fourth-order valence-electron chi connectivity index (χ4n) is 1.25. The number of H-pyrrole nitrogens is 1. The first-order valence-corrected chi connectivity index (χ1v) is 4.69. The van der Waals surface area contributed by atoms with E-state index in [0.29, 0.717) is 12.2 Å². The molecule has 0 radical (unpaired) electrons. The number of nitrogens with two attached hydrogens (primary N) is 1. The standard InChI is InChI=1S/C10H16N2O2/c1-3-7(11)6-8-9(14-2)4-5-10(13)12-8/h4-5,7H,3,6,11H2,1-2H3,(H,12,13). The van der Waals surface area contributed by atoms with Gasteiger partial charge in [-0.1, -0.05) is 6.92 Å².